The van der Waals surface area contributed by atoms with Crippen molar-refractivity contribution in [2.75, 3.05) is 4.90 Å². The zero-order valence-corrected chi connectivity index (χ0v) is 11.7. The molecule has 0 radical (unpaired) electrons. The molecule has 3 aromatic rings. The summed E-state index contributed by atoms with van der Waals surface area (Å²) in [7, 11) is 0. The minimum atomic E-state index is 1.01. The Bertz CT molecular complexity index is 795. The Labute approximate surface area is 124 Å². The number of hydrogen-bond acceptors (Lipinski definition) is 1. The molecule has 1 nitrogen and oxygen atoms in total. The van der Waals surface area contributed by atoms with E-state index < -0.39 is 0 Å². The van der Waals surface area contributed by atoms with E-state index in [0.29, 0.717) is 0 Å². The fraction of sp³-hybridized carbons (Fsp3) is 0.100. The van der Waals surface area contributed by atoms with Gasteiger partial charge in [-0.2, -0.15) is 0 Å². The van der Waals surface area contributed by atoms with Gasteiger partial charge in [-0.15, -0.1) is 0 Å². The number of benzene rings is 3. The SMILES string of the molecule is c1ccc2c(c1)CN1Cc3ccccc3-c3cccc-2c31. The van der Waals surface area contributed by atoms with Crippen molar-refractivity contribution in [3.63, 3.8) is 0 Å². The highest BCUT2D eigenvalue weighted by atomic mass is 15.1. The van der Waals surface area contributed by atoms with Crippen LogP contribution in [0.25, 0.3) is 22.3 Å². The zero-order chi connectivity index (χ0) is 13.8. The Morgan fingerprint density at radius 1 is 0.524 bits per heavy atom. The lowest BCUT2D eigenvalue weighted by molar-refractivity contribution is 0.785. The van der Waals surface area contributed by atoms with E-state index in [1.165, 1.54) is 39.1 Å². The predicted octanol–water partition coefficient (Wildman–Crippen LogP) is 4.85. The predicted molar refractivity (Wildman–Crippen MR) is 87.2 cm³/mol. The van der Waals surface area contributed by atoms with Crippen molar-refractivity contribution in [3.8, 4) is 22.3 Å². The summed E-state index contributed by atoms with van der Waals surface area (Å²) in [5.41, 5.74) is 9.82. The summed E-state index contributed by atoms with van der Waals surface area (Å²) in [4.78, 5) is 2.52. The molecule has 0 atom stereocenters. The van der Waals surface area contributed by atoms with E-state index in [9.17, 15) is 0 Å². The van der Waals surface area contributed by atoms with Crippen molar-refractivity contribution in [2.24, 2.45) is 0 Å². The zero-order valence-electron chi connectivity index (χ0n) is 11.7. The van der Waals surface area contributed by atoms with Gasteiger partial charge in [0.25, 0.3) is 0 Å². The summed E-state index contributed by atoms with van der Waals surface area (Å²) in [6, 6.07) is 24.3. The molecule has 1 heteroatoms. The smallest absolute Gasteiger partial charge is 0.0531 e. The maximum atomic E-state index is 2.52. The van der Waals surface area contributed by atoms with Crippen LogP contribution in [-0.2, 0) is 13.1 Å². The van der Waals surface area contributed by atoms with Crippen molar-refractivity contribution in [3.05, 3.63) is 77.9 Å². The minimum Gasteiger partial charge on any atom is -0.362 e. The van der Waals surface area contributed by atoms with Crippen LogP contribution in [0.5, 0.6) is 0 Å². The number of nitrogens with zero attached hydrogens (tertiary/aromatic N) is 1. The quantitative estimate of drug-likeness (QED) is 0.563. The summed E-state index contributed by atoms with van der Waals surface area (Å²) in [5.74, 6) is 0. The monoisotopic (exact) mass is 269 g/mol. The summed E-state index contributed by atoms with van der Waals surface area (Å²) in [5, 5.41) is 0. The van der Waals surface area contributed by atoms with Crippen molar-refractivity contribution >= 4 is 5.69 Å². The average Bonchev–Trinajstić information content (AvgIpc) is 2.55. The Morgan fingerprint density at radius 2 is 1.00 bits per heavy atom. The number of rotatable bonds is 0. The van der Waals surface area contributed by atoms with Crippen molar-refractivity contribution in [1.82, 2.24) is 0 Å². The largest absolute Gasteiger partial charge is 0.362 e. The van der Waals surface area contributed by atoms with E-state index in [-0.39, 0.29) is 0 Å². The second-order valence-corrected chi connectivity index (χ2v) is 5.87. The molecule has 0 fully saturated rings. The molecule has 0 saturated carbocycles. The molecule has 2 heterocycles. The topological polar surface area (TPSA) is 3.24 Å². The third-order valence-electron chi connectivity index (χ3n) is 4.69. The summed E-state index contributed by atoms with van der Waals surface area (Å²) in [6.45, 7) is 2.02. The van der Waals surface area contributed by atoms with Crippen LogP contribution < -0.4 is 4.90 Å². The fourth-order valence-corrected chi connectivity index (χ4v) is 3.79. The van der Waals surface area contributed by atoms with Gasteiger partial charge < -0.3 is 4.90 Å². The van der Waals surface area contributed by atoms with Crippen molar-refractivity contribution in [1.29, 1.82) is 0 Å². The molecule has 0 bridgehead atoms. The van der Waals surface area contributed by atoms with Crippen LogP contribution in [0.2, 0.25) is 0 Å². The molecule has 0 aliphatic carbocycles. The summed E-state index contributed by atoms with van der Waals surface area (Å²) < 4.78 is 0. The fourth-order valence-electron chi connectivity index (χ4n) is 3.79. The van der Waals surface area contributed by atoms with Gasteiger partial charge in [0, 0.05) is 24.2 Å². The number of para-hydroxylation sites is 1. The van der Waals surface area contributed by atoms with Gasteiger partial charge in [0.15, 0.2) is 0 Å². The molecule has 5 rings (SSSR count). The second-order valence-electron chi connectivity index (χ2n) is 5.87. The van der Waals surface area contributed by atoms with E-state index in [0.717, 1.165) is 13.1 Å². The van der Waals surface area contributed by atoms with Gasteiger partial charge in [0.05, 0.1) is 5.69 Å². The minimum absolute atomic E-state index is 1.01. The average molecular weight is 269 g/mol. The normalized spacial score (nSPS) is 14.2. The maximum absolute atomic E-state index is 2.52. The van der Waals surface area contributed by atoms with Crippen LogP contribution in [0.15, 0.2) is 66.7 Å². The molecule has 0 aromatic heterocycles. The highest BCUT2D eigenvalue weighted by molar-refractivity contribution is 5.96. The highest BCUT2D eigenvalue weighted by Crippen LogP contribution is 2.48. The Morgan fingerprint density at radius 3 is 1.57 bits per heavy atom. The highest BCUT2D eigenvalue weighted by Gasteiger charge is 2.28. The van der Waals surface area contributed by atoms with Gasteiger partial charge in [-0.25, -0.2) is 0 Å². The molecule has 0 N–H and O–H groups in total. The molecular formula is C20H15N. The van der Waals surface area contributed by atoms with Crippen LogP contribution in [0.1, 0.15) is 11.1 Å². The second kappa shape index (κ2) is 3.98. The van der Waals surface area contributed by atoms with Gasteiger partial charge in [-0.1, -0.05) is 66.7 Å². The van der Waals surface area contributed by atoms with Crippen molar-refractivity contribution in [2.45, 2.75) is 13.1 Å². The van der Waals surface area contributed by atoms with Crippen LogP contribution in [0, 0.1) is 0 Å². The maximum Gasteiger partial charge on any atom is 0.0531 e. The first-order valence-corrected chi connectivity index (χ1v) is 7.46. The molecule has 100 valence electrons. The molecule has 0 spiro atoms. The van der Waals surface area contributed by atoms with Gasteiger partial charge in [-0.3, -0.25) is 0 Å². The first kappa shape index (κ1) is 11.2. The van der Waals surface area contributed by atoms with Gasteiger partial charge in [0.1, 0.15) is 0 Å². The van der Waals surface area contributed by atoms with Crippen LogP contribution in [0.3, 0.4) is 0 Å². The lowest BCUT2D eigenvalue weighted by Crippen LogP contribution is -2.29. The molecule has 0 saturated heterocycles. The van der Waals surface area contributed by atoms with Crippen LogP contribution in [0.4, 0.5) is 5.69 Å². The van der Waals surface area contributed by atoms with E-state index in [2.05, 4.69) is 71.6 Å². The molecular weight excluding hydrogens is 254 g/mol. The molecule has 2 aliphatic rings. The van der Waals surface area contributed by atoms with Crippen molar-refractivity contribution < 1.29 is 0 Å². The summed E-state index contributed by atoms with van der Waals surface area (Å²) in [6.07, 6.45) is 0. The number of hydrogen-bond donors (Lipinski definition) is 0. The Kier molecular flexibility index (Phi) is 2.12. The van der Waals surface area contributed by atoms with Crippen LogP contribution >= 0.6 is 0 Å². The first-order chi connectivity index (χ1) is 10.4. The van der Waals surface area contributed by atoms with Gasteiger partial charge in [0.2, 0.25) is 0 Å². The molecule has 21 heavy (non-hydrogen) atoms. The van der Waals surface area contributed by atoms with Crippen LogP contribution in [-0.4, -0.2) is 0 Å². The molecule has 0 unspecified atom stereocenters. The Balaban J connectivity index is 1.86. The van der Waals surface area contributed by atoms with E-state index in [4.69, 9.17) is 0 Å². The van der Waals surface area contributed by atoms with E-state index in [1.807, 2.05) is 0 Å². The third kappa shape index (κ3) is 1.46. The lowest BCUT2D eigenvalue weighted by Gasteiger charge is -2.38. The van der Waals surface area contributed by atoms with E-state index in [1.54, 1.807) is 0 Å². The lowest BCUT2D eigenvalue weighted by atomic mass is 9.85. The molecule has 2 aliphatic heterocycles. The first-order valence-electron chi connectivity index (χ1n) is 7.46. The number of fused-ring (bicyclic) bond motifs is 4. The van der Waals surface area contributed by atoms with E-state index >= 15 is 0 Å². The number of anilines is 1. The Hall–Kier alpha value is -2.54. The standard InChI is InChI=1S/C20H15N/c1-3-8-16-14(6-1)12-21-13-15-7-2-4-9-17(15)19-11-5-10-18(16)20(19)21/h1-11H,12-13H2. The van der Waals surface area contributed by atoms with Gasteiger partial charge in [-0.05, 0) is 22.3 Å². The summed E-state index contributed by atoms with van der Waals surface area (Å²) >= 11 is 0. The molecule has 3 aromatic carbocycles. The molecule has 0 amide bonds. The third-order valence-corrected chi connectivity index (χ3v) is 4.69. The van der Waals surface area contributed by atoms with Gasteiger partial charge >= 0.3 is 0 Å².